The molecular formula is C17H18N4. The average Bonchev–Trinajstić information content (AvgIpc) is 2.89. The van der Waals surface area contributed by atoms with Crippen LogP contribution in [0.15, 0.2) is 54.6 Å². The summed E-state index contributed by atoms with van der Waals surface area (Å²) >= 11 is 0. The molecule has 3 rings (SSSR count). The van der Waals surface area contributed by atoms with E-state index in [0.29, 0.717) is 0 Å². The lowest BCUT2D eigenvalue weighted by Crippen LogP contribution is -2.05. The maximum Gasteiger partial charge on any atom is 0.221 e. The molecule has 0 aliphatic rings. The van der Waals surface area contributed by atoms with Crippen molar-refractivity contribution in [1.82, 2.24) is 14.8 Å². The molecular weight excluding hydrogens is 260 g/mol. The molecule has 0 saturated heterocycles. The molecule has 2 aromatic carbocycles. The Balaban J connectivity index is 1.74. The lowest BCUT2D eigenvalue weighted by molar-refractivity contribution is 0.769. The van der Waals surface area contributed by atoms with E-state index in [1.807, 2.05) is 37.4 Å². The first-order valence-corrected chi connectivity index (χ1v) is 6.98. The molecule has 0 unspecified atom stereocenters. The van der Waals surface area contributed by atoms with Crippen molar-refractivity contribution in [2.24, 2.45) is 7.05 Å². The summed E-state index contributed by atoms with van der Waals surface area (Å²) < 4.78 is 1.77. The summed E-state index contributed by atoms with van der Waals surface area (Å²) in [5.41, 5.74) is 3.52. The van der Waals surface area contributed by atoms with Gasteiger partial charge in [0, 0.05) is 19.2 Å². The largest absolute Gasteiger partial charge is 0.350 e. The number of hydrogen-bond donors (Lipinski definition) is 1. The van der Waals surface area contributed by atoms with E-state index in [9.17, 15) is 0 Å². The first kappa shape index (κ1) is 13.4. The van der Waals surface area contributed by atoms with Crippen LogP contribution >= 0.6 is 0 Å². The maximum atomic E-state index is 4.55. The summed E-state index contributed by atoms with van der Waals surface area (Å²) in [5.74, 6) is 1.51. The Morgan fingerprint density at radius 2 is 1.71 bits per heavy atom. The number of nitrogens with one attached hydrogen (secondary N) is 1. The molecule has 21 heavy (non-hydrogen) atoms. The second kappa shape index (κ2) is 5.79. The fourth-order valence-electron chi connectivity index (χ4n) is 2.13. The van der Waals surface area contributed by atoms with Gasteiger partial charge in [0.15, 0.2) is 5.82 Å². The Bertz CT molecular complexity index is 714. The number of rotatable bonds is 4. The van der Waals surface area contributed by atoms with E-state index in [-0.39, 0.29) is 0 Å². The van der Waals surface area contributed by atoms with Crippen molar-refractivity contribution in [3.05, 3.63) is 65.7 Å². The van der Waals surface area contributed by atoms with Gasteiger partial charge in [-0.15, -0.1) is 5.10 Å². The van der Waals surface area contributed by atoms with Crippen molar-refractivity contribution in [1.29, 1.82) is 0 Å². The maximum absolute atomic E-state index is 4.55. The highest BCUT2D eigenvalue weighted by atomic mass is 15.4. The zero-order valence-corrected chi connectivity index (χ0v) is 12.2. The Morgan fingerprint density at radius 3 is 2.43 bits per heavy atom. The molecule has 0 bridgehead atoms. The highest BCUT2D eigenvalue weighted by molar-refractivity contribution is 5.56. The minimum Gasteiger partial charge on any atom is -0.350 e. The van der Waals surface area contributed by atoms with E-state index in [2.05, 4.69) is 46.6 Å². The highest BCUT2D eigenvalue weighted by Gasteiger charge is 2.08. The van der Waals surface area contributed by atoms with Gasteiger partial charge in [-0.05, 0) is 12.5 Å². The van der Waals surface area contributed by atoms with E-state index in [4.69, 9.17) is 0 Å². The van der Waals surface area contributed by atoms with Gasteiger partial charge in [0.05, 0.1) is 0 Å². The molecule has 4 heteroatoms. The fourth-order valence-corrected chi connectivity index (χ4v) is 2.13. The zero-order chi connectivity index (χ0) is 14.7. The van der Waals surface area contributed by atoms with Crippen LogP contribution in [0.4, 0.5) is 5.95 Å². The van der Waals surface area contributed by atoms with Crippen LogP contribution in [0.25, 0.3) is 11.4 Å². The third-order valence-electron chi connectivity index (χ3n) is 3.37. The van der Waals surface area contributed by atoms with Crippen LogP contribution in [0, 0.1) is 6.92 Å². The molecule has 0 fully saturated rings. The van der Waals surface area contributed by atoms with Crippen LogP contribution in [0.5, 0.6) is 0 Å². The Hall–Kier alpha value is -2.62. The van der Waals surface area contributed by atoms with Gasteiger partial charge >= 0.3 is 0 Å². The quantitative estimate of drug-likeness (QED) is 0.795. The molecule has 0 radical (unpaired) electrons. The van der Waals surface area contributed by atoms with E-state index in [1.54, 1.807) is 4.68 Å². The molecule has 0 atom stereocenters. The summed E-state index contributed by atoms with van der Waals surface area (Å²) in [6, 6.07) is 18.5. The van der Waals surface area contributed by atoms with E-state index in [0.717, 1.165) is 23.9 Å². The molecule has 4 nitrogen and oxygen atoms in total. The van der Waals surface area contributed by atoms with Crippen molar-refractivity contribution >= 4 is 5.95 Å². The van der Waals surface area contributed by atoms with Gasteiger partial charge < -0.3 is 5.32 Å². The van der Waals surface area contributed by atoms with Gasteiger partial charge in [-0.25, -0.2) is 4.68 Å². The zero-order valence-electron chi connectivity index (χ0n) is 12.2. The number of aromatic nitrogens is 3. The summed E-state index contributed by atoms with van der Waals surface area (Å²) in [7, 11) is 1.90. The number of aryl methyl sites for hydroxylation is 2. The van der Waals surface area contributed by atoms with Gasteiger partial charge in [0.2, 0.25) is 5.95 Å². The Morgan fingerprint density at radius 1 is 1.00 bits per heavy atom. The molecule has 0 saturated carbocycles. The number of anilines is 1. The normalized spacial score (nSPS) is 10.6. The topological polar surface area (TPSA) is 42.7 Å². The predicted molar refractivity (Wildman–Crippen MR) is 84.9 cm³/mol. The molecule has 106 valence electrons. The average molecular weight is 278 g/mol. The van der Waals surface area contributed by atoms with Crippen molar-refractivity contribution in [2.45, 2.75) is 13.5 Å². The number of benzene rings is 2. The summed E-state index contributed by atoms with van der Waals surface area (Å²) in [4.78, 5) is 4.55. The van der Waals surface area contributed by atoms with Gasteiger partial charge in [-0.2, -0.15) is 4.98 Å². The van der Waals surface area contributed by atoms with Gasteiger partial charge in [-0.3, -0.25) is 0 Å². The second-order valence-electron chi connectivity index (χ2n) is 5.09. The SMILES string of the molecule is Cc1ccc(CNc2nc(-c3ccccc3)nn2C)cc1. The first-order valence-electron chi connectivity index (χ1n) is 6.98. The van der Waals surface area contributed by atoms with E-state index in [1.165, 1.54) is 11.1 Å². The minimum atomic E-state index is 0.737. The molecule has 3 aromatic rings. The lowest BCUT2D eigenvalue weighted by Gasteiger charge is -2.05. The summed E-state index contributed by atoms with van der Waals surface area (Å²) in [5, 5.41) is 7.78. The monoisotopic (exact) mass is 278 g/mol. The molecule has 0 amide bonds. The molecule has 1 heterocycles. The fraction of sp³-hybridized carbons (Fsp3) is 0.176. The van der Waals surface area contributed by atoms with Crippen LogP contribution < -0.4 is 5.32 Å². The van der Waals surface area contributed by atoms with Crippen LogP contribution in [0.1, 0.15) is 11.1 Å². The van der Waals surface area contributed by atoms with Crippen LogP contribution in [0.3, 0.4) is 0 Å². The molecule has 0 aliphatic carbocycles. The third-order valence-corrected chi connectivity index (χ3v) is 3.37. The summed E-state index contributed by atoms with van der Waals surface area (Å²) in [6.07, 6.45) is 0. The van der Waals surface area contributed by atoms with E-state index >= 15 is 0 Å². The molecule has 1 aromatic heterocycles. The van der Waals surface area contributed by atoms with Crippen molar-refractivity contribution in [3.8, 4) is 11.4 Å². The Kier molecular flexibility index (Phi) is 3.69. The van der Waals surface area contributed by atoms with Gasteiger partial charge in [-0.1, -0.05) is 60.2 Å². The van der Waals surface area contributed by atoms with Gasteiger partial charge in [0.1, 0.15) is 0 Å². The first-order chi connectivity index (χ1) is 10.2. The molecule has 0 spiro atoms. The highest BCUT2D eigenvalue weighted by Crippen LogP contribution is 2.17. The van der Waals surface area contributed by atoms with Crippen LogP contribution in [-0.4, -0.2) is 14.8 Å². The second-order valence-corrected chi connectivity index (χ2v) is 5.09. The summed E-state index contributed by atoms with van der Waals surface area (Å²) in [6.45, 7) is 2.83. The molecule has 0 aliphatic heterocycles. The minimum absolute atomic E-state index is 0.737. The van der Waals surface area contributed by atoms with E-state index < -0.39 is 0 Å². The number of hydrogen-bond acceptors (Lipinski definition) is 3. The standard InChI is InChI=1S/C17H18N4/c1-13-8-10-14(11-9-13)12-18-17-19-16(20-21(17)2)15-6-4-3-5-7-15/h3-11H,12H2,1-2H3,(H,18,19,20). The Labute approximate surface area is 124 Å². The lowest BCUT2D eigenvalue weighted by atomic mass is 10.1. The number of nitrogens with zero attached hydrogens (tertiary/aromatic N) is 3. The predicted octanol–water partition coefficient (Wildman–Crippen LogP) is 3.40. The smallest absolute Gasteiger partial charge is 0.221 e. The van der Waals surface area contributed by atoms with Crippen LogP contribution in [-0.2, 0) is 13.6 Å². The third kappa shape index (κ3) is 3.11. The van der Waals surface area contributed by atoms with Crippen molar-refractivity contribution in [3.63, 3.8) is 0 Å². The van der Waals surface area contributed by atoms with Gasteiger partial charge in [0.25, 0.3) is 0 Å². The van der Waals surface area contributed by atoms with Crippen molar-refractivity contribution in [2.75, 3.05) is 5.32 Å². The van der Waals surface area contributed by atoms with Crippen LogP contribution in [0.2, 0.25) is 0 Å². The molecule has 1 N–H and O–H groups in total. The van der Waals surface area contributed by atoms with Crippen molar-refractivity contribution < 1.29 is 0 Å².